The molecule has 138 valence electrons. The first-order valence-electron chi connectivity index (χ1n) is 9.07. The van der Waals surface area contributed by atoms with Crippen LogP contribution in [0.4, 0.5) is 0 Å². The van der Waals surface area contributed by atoms with E-state index in [0.717, 1.165) is 19.4 Å². The highest BCUT2D eigenvalue weighted by molar-refractivity contribution is 5.82. The normalized spacial score (nSPS) is 24.7. The van der Waals surface area contributed by atoms with Gasteiger partial charge in [0.1, 0.15) is 0 Å². The number of benzene rings is 1. The Kier molecular flexibility index (Phi) is 6.42. The second-order valence-electron chi connectivity index (χ2n) is 6.86. The number of nitrogens with one attached hydrogen (secondary N) is 1. The van der Waals surface area contributed by atoms with Gasteiger partial charge in [-0.1, -0.05) is 24.3 Å². The van der Waals surface area contributed by atoms with Gasteiger partial charge in [0.25, 0.3) is 0 Å². The van der Waals surface area contributed by atoms with Gasteiger partial charge in [-0.15, -0.1) is 0 Å². The molecular formula is C19H28N2O4. The highest BCUT2D eigenvalue weighted by Gasteiger charge is 2.32. The van der Waals surface area contributed by atoms with Crippen LogP contribution >= 0.6 is 0 Å². The summed E-state index contributed by atoms with van der Waals surface area (Å²) in [5, 5.41) is 13.1. The molecule has 2 N–H and O–H groups in total. The zero-order valence-corrected chi connectivity index (χ0v) is 14.8. The van der Waals surface area contributed by atoms with Crippen LogP contribution in [-0.4, -0.2) is 67.6 Å². The summed E-state index contributed by atoms with van der Waals surface area (Å²) >= 11 is 0. The number of β-amino-alcohol motifs (C(OH)–C–C–N with tert-alkyl or cyclic N) is 1. The molecule has 0 aliphatic carbocycles. The number of amides is 1. The molecular weight excluding hydrogens is 320 g/mol. The highest BCUT2D eigenvalue weighted by Crippen LogP contribution is 2.23. The predicted octanol–water partition coefficient (Wildman–Crippen LogP) is 0.716. The summed E-state index contributed by atoms with van der Waals surface area (Å²) in [7, 11) is 1.65. The van der Waals surface area contributed by atoms with E-state index in [4.69, 9.17) is 9.47 Å². The number of carbonyl (C=O) groups excluding carboxylic acids is 1. The van der Waals surface area contributed by atoms with Gasteiger partial charge in [-0.3, -0.25) is 9.69 Å². The SMILES string of the molecule is CNC(=O)C1Cc2ccccc2CN1CC(O)COCC1CCCO1. The second kappa shape index (κ2) is 8.76. The van der Waals surface area contributed by atoms with Crippen molar-refractivity contribution in [2.75, 3.05) is 33.4 Å². The lowest BCUT2D eigenvalue weighted by molar-refractivity contribution is -0.127. The minimum Gasteiger partial charge on any atom is -0.389 e. The summed E-state index contributed by atoms with van der Waals surface area (Å²) in [6.45, 7) is 2.67. The molecule has 0 spiro atoms. The molecule has 3 atom stereocenters. The van der Waals surface area contributed by atoms with E-state index in [1.165, 1.54) is 11.1 Å². The Labute approximate surface area is 149 Å². The molecule has 0 saturated carbocycles. The number of likely N-dealkylation sites (N-methyl/N-ethyl adjacent to an activating group) is 1. The molecule has 1 aromatic carbocycles. The number of aliphatic hydroxyl groups is 1. The average Bonchev–Trinajstić information content (AvgIpc) is 3.14. The van der Waals surface area contributed by atoms with Gasteiger partial charge in [0.05, 0.1) is 31.5 Å². The maximum Gasteiger partial charge on any atom is 0.237 e. The first-order chi connectivity index (χ1) is 12.2. The average molecular weight is 348 g/mol. The Morgan fingerprint density at radius 2 is 2.24 bits per heavy atom. The van der Waals surface area contributed by atoms with Gasteiger partial charge in [-0.05, 0) is 30.4 Å². The van der Waals surface area contributed by atoms with Crippen LogP contribution < -0.4 is 5.32 Å². The summed E-state index contributed by atoms with van der Waals surface area (Å²) in [4.78, 5) is 14.3. The van der Waals surface area contributed by atoms with Crippen LogP contribution in [-0.2, 0) is 27.2 Å². The molecule has 0 radical (unpaired) electrons. The Morgan fingerprint density at radius 1 is 1.44 bits per heavy atom. The van der Waals surface area contributed by atoms with Gasteiger partial charge in [0.2, 0.25) is 5.91 Å². The summed E-state index contributed by atoms with van der Waals surface area (Å²) in [5.74, 6) is -0.0121. The molecule has 1 aromatic rings. The first kappa shape index (κ1) is 18.3. The van der Waals surface area contributed by atoms with E-state index in [-0.39, 0.29) is 24.7 Å². The fourth-order valence-corrected chi connectivity index (χ4v) is 3.63. The monoisotopic (exact) mass is 348 g/mol. The lowest BCUT2D eigenvalue weighted by Crippen LogP contribution is -2.52. The maximum atomic E-state index is 12.3. The third-order valence-corrected chi connectivity index (χ3v) is 4.98. The number of hydrogen-bond acceptors (Lipinski definition) is 5. The smallest absolute Gasteiger partial charge is 0.237 e. The molecule has 2 aliphatic heterocycles. The van der Waals surface area contributed by atoms with Crippen molar-refractivity contribution in [2.24, 2.45) is 0 Å². The molecule has 0 aromatic heterocycles. The lowest BCUT2D eigenvalue weighted by Gasteiger charge is -2.36. The highest BCUT2D eigenvalue weighted by atomic mass is 16.5. The van der Waals surface area contributed by atoms with Crippen LogP contribution in [0, 0.1) is 0 Å². The number of nitrogens with zero attached hydrogens (tertiary/aromatic N) is 1. The molecule has 2 aliphatic rings. The lowest BCUT2D eigenvalue weighted by atomic mass is 9.93. The Balaban J connectivity index is 1.55. The molecule has 1 fully saturated rings. The second-order valence-corrected chi connectivity index (χ2v) is 6.86. The largest absolute Gasteiger partial charge is 0.389 e. The van der Waals surface area contributed by atoms with Crippen LogP contribution in [0.15, 0.2) is 24.3 Å². The van der Waals surface area contributed by atoms with E-state index in [1.807, 2.05) is 17.0 Å². The number of rotatable bonds is 7. The van der Waals surface area contributed by atoms with Gasteiger partial charge in [-0.25, -0.2) is 0 Å². The van der Waals surface area contributed by atoms with Crippen molar-refractivity contribution in [3.63, 3.8) is 0 Å². The van der Waals surface area contributed by atoms with E-state index in [9.17, 15) is 9.90 Å². The molecule has 25 heavy (non-hydrogen) atoms. The Bertz CT molecular complexity index is 574. The minimum atomic E-state index is -0.626. The summed E-state index contributed by atoms with van der Waals surface area (Å²) < 4.78 is 11.1. The van der Waals surface area contributed by atoms with Gasteiger partial charge < -0.3 is 19.9 Å². The van der Waals surface area contributed by atoms with Crippen molar-refractivity contribution in [3.8, 4) is 0 Å². The molecule has 6 heteroatoms. The van der Waals surface area contributed by atoms with Gasteiger partial charge in [0, 0.05) is 26.7 Å². The fourth-order valence-electron chi connectivity index (χ4n) is 3.63. The third kappa shape index (κ3) is 4.79. The van der Waals surface area contributed by atoms with E-state index in [2.05, 4.69) is 17.4 Å². The van der Waals surface area contributed by atoms with E-state index < -0.39 is 6.10 Å². The predicted molar refractivity (Wildman–Crippen MR) is 94.2 cm³/mol. The van der Waals surface area contributed by atoms with Gasteiger partial charge in [-0.2, -0.15) is 0 Å². The number of hydrogen-bond donors (Lipinski definition) is 2. The minimum absolute atomic E-state index is 0.0121. The van der Waals surface area contributed by atoms with Gasteiger partial charge >= 0.3 is 0 Å². The number of aliphatic hydroxyl groups excluding tert-OH is 1. The summed E-state index contributed by atoms with van der Waals surface area (Å²) in [6.07, 6.45) is 2.31. The van der Waals surface area contributed by atoms with E-state index >= 15 is 0 Å². The first-order valence-corrected chi connectivity index (χ1v) is 9.07. The molecule has 1 saturated heterocycles. The van der Waals surface area contributed by atoms with Crippen molar-refractivity contribution in [3.05, 3.63) is 35.4 Å². The zero-order valence-electron chi connectivity index (χ0n) is 14.8. The fraction of sp³-hybridized carbons (Fsp3) is 0.632. The number of carbonyl (C=O) groups is 1. The Morgan fingerprint density at radius 3 is 2.96 bits per heavy atom. The molecule has 0 bridgehead atoms. The topological polar surface area (TPSA) is 71.0 Å². The van der Waals surface area contributed by atoms with Crippen molar-refractivity contribution in [1.29, 1.82) is 0 Å². The third-order valence-electron chi connectivity index (χ3n) is 4.98. The zero-order chi connectivity index (χ0) is 17.6. The quantitative estimate of drug-likeness (QED) is 0.760. The molecule has 3 unspecified atom stereocenters. The summed E-state index contributed by atoms with van der Waals surface area (Å²) in [5.41, 5.74) is 2.42. The van der Waals surface area contributed by atoms with Gasteiger partial charge in [0.15, 0.2) is 0 Å². The van der Waals surface area contributed by atoms with Crippen LogP contribution in [0.3, 0.4) is 0 Å². The maximum absolute atomic E-state index is 12.3. The number of fused-ring (bicyclic) bond motifs is 1. The van der Waals surface area contributed by atoms with Crippen LogP contribution in [0.2, 0.25) is 0 Å². The standard InChI is InChI=1S/C19H28N2O4/c1-20-19(23)18-9-14-5-2-3-6-15(14)10-21(18)11-16(22)12-24-13-17-7-4-8-25-17/h2-3,5-6,16-18,22H,4,7-13H2,1H3,(H,20,23). The van der Waals surface area contributed by atoms with Crippen molar-refractivity contribution in [1.82, 2.24) is 10.2 Å². The summed E-state index contributed by atoms with van der Waals surface area (Å²) in [6, 6.07) is 7.92. The van der Waals surface area contributed by atoms with Crippen molar-refractivity contribution >= 4 is 5.91 Å². The van der Waals surface area contributed by atoms with Crippen molar-refractivity contribution < 1.29 is 19.4 Å². The number of ether oxygens (including phenoxy) is 2. The van der Waals surface area contributed by atoms with Crippen LogP contribution in [0.1, 0.15) is 24.0 Å². The van der Waals surface area contributed by atoms with Crippen LogP contribution in [0.5, 0.6) is 0 Å². The van der Waals surface area contributed by atoms with Crippen LogP contribution in [0.25, 0.3) is 0 Å². The molecule has 1 amide bonds. The molecule has 2 heterocycles. The molecule has 3 rings (SSSR count). The Hall–Kier alpha value is -1.47. The van der Waals surface area contributed by atoms with E-state index in [1.54, 1.807) is 7.05 Å². The van der Waals surface area contributed by atoms with E-state index in [0.29, 0.717) is 26.1 Å². The molecule has 6 nitrogen and oxygen atoms in total. The van der Waals surface area contributed by atoms with Crippen molar-refractivity contribution in [2.45, 2.75) is 44.1 Å².